The highest BCUT2D eigenvalue weighted by Crippen LogP contribution is 2.49. The molecule has 2 fully saturated rings. The Labute approximate surface area is 220 Å². The van der Waals surface area contributed by atoms with Gasteiger partial charge in [-0.3, -0.25) is 14.8 Å². The van der Waals surface area contributed by atoms with Crippen molar-refractivity contribution in [1.29, 1.82) is 0 Å². The molecular formula is C31H28N4O3. The zero-order valence-corrected chi connectivity index (χ0v) is 21.4. The number of benzene rings is 1. The number of pyridine rings is 2. The number of fused-ring (bicyclic) bond motifs is 1. The third kappa shape index (κ3) is 3.56. The molecule has 190 valence electrons. The molecule has 4 aromatic heterocycles. The summed E-state index contributed by atoms with van der Waals surface area (Å²) in [5.41, 5.74) is 7.99. The van der Waals surface area contributed by atoms with E-state index in [1.54, 1.807) is 0 Å². The molecule has 1 N–H and O–H groups in total. The van der Waals surface area contributed by atoms with E-state index in [1.165, 1.54) is 12.8 Å². The first-order valence-corrected chi connectivity index (χ1v) is 13.2. The van der Waals surface area contributed by atoms with Gasteiger partial charge in [-0.15, -0.1) is 0 Å². The van der Waals surface area contributed by atoms with Gasteiger partial charge in [-0.05, 0) is 74.8 Å². The van der Waals surface area contributed by atoms with Crippen molar-refractivity contribution < 1.29 is 14.4 Å². The van der Waals surface area contributed by atoms with Crippen LogP contribution in [0.2, 0.25) is 0 Å². The van der Waals surface area contributed by atoms with E-state index in [0.29, 0.717) is 18.8 Å². The highest BCUT2D eigenvalue weighted by molar-refractivity contribution is 5.95. The molecule has 2 aliphatic rings. The van der Waals surface area contributed by atoms with Crippen LogP contribution in [0.4, 0.5) is 0 Å². The number of aryl methyl sites for hydroxylation is 2. The molecule has 2 saturated carbocycles. The minimum Gasteiger partial charge on any atom is -0.481 e. The number of nitrogens with zero attached hydrogens (tertiary/aromatic N) is 4. The van der Waals surface area contributed by atoms with Crippen molar-refractivity contribution in [3.05, 3.63) is 89.8 Å². The fraction of sp³-hybridized carbons (Fsp3) is 0.290. The van der Waals surface area contributed by atoms with E-state index in [4.69, 9.17) is 14.5 Å². The normalized spacial score (nSPS) is 17.0. The number of hydrogen-bond acceptors (Lipinski definition) is 5. The van der Waals surface area contributed by atoms with Crippen LogP contribution < -0.4 is 0 Å². The molecule has 1 unspecified atom stereocenters. The van der Waals surface area contributed by atoms with E-state index >= 15 is 0 Å². The Bertz CT molecular complexity index is 1660. The minimum atomic E-state index is -0.738. The Morgan fingerprint density at radius 1 is 1.08 bits per heavy atom. The second-order valence-corrected chi connectivity index (χ2v) is 10.7. The molecular weight excluding hydrogens is 476 g/mol. The van der Waals surface area contributed by atoms with Crippen molar-refractivity contribution in [2.75, 3.05) is 0 Å². The maximum Gasteiger partial charge on any atom is 0.314 e. The van der Waals surface area contributed by atoms with Gasteiger partial charge in [0, 0.05) is 35.3 Å². The SMILES string of the molecule is Cc1noc(C)c1-c1cnc2c(-c3ccc(C4(C(=O)O)CC4)cc3)cn(C(c3ccccn3)C3CC3)c2c1. The fourth-order valence-corrected chi connectivity index (χ4v) is 5.89. The lowest BCUT2D eigenvalue weighted by molar-refractivity contribution is -0.140. The lowest BCUT2D eigenvalue weighted by Crippen LogP contribution is -2.19. The monoisotopic (exact) mass is 504 g/mol. The fourth-order valence-electron chi connectivity index (χ4n) is 5.89. The lowest BCUT2D eigenvalue weighted by Gasteiger charge is -2.19. The van der Waals surface area contributed by atoms with Gasteiger partial charge >= 0.3 is 5.97 Å². The number of rotatable bonds is 7. The van der Waals surface area contributed by atoms with Crippen molar-refractivity contribution in [3.8, 4) is 22.3 Å². The van der Waals surface area contributed by atoms with Gasteiger partial charge < -0.3 is 14.2 Å². The predicted molar refractivity (Wildman–Crippen MR) is 144 cm³/mol. The molecule has 7 rings (SSSR count). The van der Waals surface area contributed by atoms with Gasteiger partial charge in [-0.25, -0.2) is 0 Å². The molecule has 1 atom stereocenters. The number of aromatic nitrogens is 4. The van der Waals surface area contributed by atoms with E-state index in [2.05, 4.69) is 28.1 Å². The Morgan fingerprint density at radius 2 is 1.87 bits per heavy atom. The van der Waals surface area contributed by atoms with Gasteiger partial charge in [0.05, 0.1) is 33.9 Å². The van der Waals surface area contributed by atoms with Gasteiger partial charge in [0.1, 0.15) is 5.76 Å². The first kappa shape index (κ1) is 22.9. The molecule has 7 nitrogen and oxygen atoms in total. The summed E-state index contributed by atoms with van der Waals surface area (Å²) in [6.45, 7) is 3.88. The summed E-state index contributed by atoms with van der Waals surface area (Å²) in [5, 5.41) is 13.9. The Kier molecular flexibility index (Phi) is 5.05. The standard InChI is InChI=1S/C31H28N4O3/c1-18-27(19(2)38-34-18)22-15-26-28(33-16-22)24(20-8-10-23(11-9-20)31(12-13-31)30(36)37)17-35(26)29(21-6-7-21)25-5-3-4-14-32-25/h3-5,8-11,14-17,21,29H,6-7,12-13H2,1-2H3,(H,36,37). The predicted octanol–water partition coefficient (Wildman–Crippen LogP) is 6.49. The topological polar surface area (TPSA) is 94.0 Å². The minimum absolute atomic E-state index is 0.107. The van der Waals surface area contributed by atoms with E-state index in [9.17, 15) is 9.90 Å². The van der Waals surface area contributed by atoms with Crippen molar-refractivity contribution in [1.82, 2.24) is 19.7 Å². The van der Waals surface area contributed by atoms with Crippen molar-refractivity contribution >= 4 is 17.0 Å². The first-order valence-electron chi connectivity index (χ1n) is 13.2. The van der Waals surface area contributed by atoms with E-state index in [0.717, 1.165) is 56.0 Å². The smallest absolute Gasteiger partial charge is 0.314 e. The Hall–Kier alpha value is -4.26. The van der Waals surface area contributed by atoms with E-state index in [-0.39, 0.29) is 6.04 Å². The van der Waals surface area contributed by atoms with Crippen LogP contribution in [-0.2, 0) is 10.2 Å². The molecule has 5 aromatic rings. The Morgan fingerprint density at radius 3 is 2.47 bits per heavy atom. The second-order valence-electron chi connectivity index (χ2n) is 10.7. The van der Waals surface area contributed by atoms with Gasteiger partial charge in [0.15, 0.2) is 0 Å². The lowest BCUT2D eigenvalue weighted by atomic mass is 9.94. The highest BCUT2D eigenvalue weighted by Gasteiger charge is 2.51. The molecule has 1 aromatic carbocycles. The Balaban J connectivity index is 1.41. The number of carboxylic acid groups (broad SMARTS) is 1. The summed E-state index contributed by atoms with van der Waals surface area (Å²) >= 11 is 0. The molecule has 2 aliphatic carbocycles. The summed E-state index contributed by atoms with van der Waals surface area (Å²) in [5.74, 6) is 0.551. The molecule has 0 bridgehead atoms. The van der Waals surface area contributed by atoms with E-state index in [1.807, 2.05) is 62.6 Å². The third-order valence-corrected chi connectivity index (χ3v) is 8.26. The zero-order valence-electron chi connectivity index (χ0n) is 21.4. The van der Waals surface area contributed by atoms with Crippen LogP contribution in [0.1, 0.15) is 54.4 Å². The maximum absolute atomic E-state index is 11.8. The van der Waals surface area contributed by atoms with Crippen LogP contribution in [0.5, 0.6) is 0 Å². The highest BCUT2D eigenvalue weighted by atomic mass is 16.5. The zero-order chi connectivity index (χ0) is 26.0. The summed E-state index contributed by atoms with van der Waals surface area (Å²) < 4.78 is 7.80. The first-order chi connectivity index (χ1) is 18.5. The molecule has 0 spiro atoms. The largest absolute Gasteiger partial charge is 0.481 e. The number of carbonyl (C=O) groups is 1. The van der Waals surface area contributed by atoms with Gasteiger partial charge in [-0.2, -0.15) is 0 Å². The molecule has 38 heavy (non-hydrogen) atoms. The summed E-state index contributed by atoms with van der Waals surface area (Å²) in [6.07, 6.45) is 9.68. The average molecular weight is 505 g/mol. The van der Waals surface area contributed by atoms with Gasteiger partial charge in [0.25, 0.3) is 0 Å². The molecule has 7 heteroatoms. The van der Waals surface area contributed by atoms with Crippen LogP contribution >= 0.6 is 0 Å². The summed E-state index contributed by atoms with van der Waals surface area (Å²) in [7, 11) is 0. The summed E-state index contributed by atoms with van der Waals surface area (Å²) in [6, 6.07) is 16.4. The molecule has 0 amide bonds. The molecule has 0 aliphatic heterocycles. The van der Waals surface area contributed by atoms with Crippen LogP contribution in [0.25, 0.3) is 33.3 Å². The van der Waals surface area contributed by atoms with E-state index < -0.39 is 11.4 Å². The van der Waals surface area contributed by atoms with Gasteiger partial charge in [0.2, 0.25) is 0 Å². The number of hydrogen-bond donors (Lipinski definition) is 1. The maximum atomic E-state index is 11.8. The van der Waals surface area contributed by atoms with Gasteiger partial charge in [-0.1, -0.05) is 35.5 Å². The van der Waals surface area contributed by atoms with Crippen LogP contribution in [0.15, 0.2) is 71.6 Å². The van der Waals surface area contributed by atoms with Crippen molar-refractivity contribution in [2.24, 2.45) is 5.92 Å². The van der Waals surface area contributed by atoms with Crippen molar-refractivity contribution in [2.45, 2.75) is 51.0 Å². The van der Waals surface area contributed by atoms with Crippen LogP contribution in [0, 0.1) is 19.8 Å². The molecule has 0 radical (unpaired) electrons. The number of carboxylic acids is 1. The average Bonchev–Trinajstić information content (AvgIpc) is 3.86. The van der Waals surface area contributed by atoms with Crippen molar-refractivity contribution in [3.63, 3.8) is 0 Å². The van der Waals surface area contributed by atoms with Crippen LogP contribution in [-0.4, -0.2) is 30.8 Å². The number of aliphatic carboxylic acids is 1. The van der Waals surface area contributed by atoms with Crippen LogP contribution in [0.3, 0.4) is 0 Å². The second kappa shape index (κ2) is 8.38. The molecule has 4 heterocycles. The third-order valence-electron chi connectivity index (χ3n) is 8.26. The summed E-state index contributed by atoms with van der Waals surface area (Å²) in [4.78, 5) is 21.6. The molecule has 0 saturated heterocycles. The quantitative estimate of drug-likeness (QED) is 0.272.